The van der Waals surface area contributed by atoms with Gasteiger partial charge in [-0.05, 0) is 17.8 Å². The van der Waals surface area contributed by atoms with E-state index in [-0.39, 0.29) is 5.91 Å². The zero-order chi connectivity index (χ0) is 9.72. The molecule has 72 valence electrons. The van der Waals surface area contributed by atoms with Crippen molar-refractivity contribution in [3.05, 3.63) is 0 Å². The largest absolute Gasteiger partial charge is 0.289 e. The van der Waals surface area contributed by atoms with E-state index in [0.29, 0.717) is 24.2 Å². The molecule has 2 N–H and O–H groups in total. The van der Waals surface area contributed by atoms with Gasteiger partial charge in [0.1, 0.15) is 0 Å². The maximum atomic E-state index is 10.9. The van der Waals surface area contributed by atoms with Crippen molar-refractivity contribution in [2.45, 2.75) is 34.1 Å². The fourth-order valence-corrected chi connectivity index (χ4v) is 1.50. The number of nitrogens with one attached hydrogen (secondary N) is 1. The molecule has 0 aliphatic heterocycles. The monoisotopic (exact) mass is 173 g/mol. The Morgan fingerprint density at radius 2 is 1.67 bits per heavy atom. The van der Waals surface area contributed by atoms with E-state index >= 15 is 0 Å². The van der Waals surface area contributed by atoms with Crippen LogP contribution in [0.5, 0.6) is 0 Å². The van der Waals surface area contributed by atoms with E-state index in [1.54, 1.807) is 5.48 Å². The minimum Gasteiger partial charge on any atom is -0.289 e. The summed E-state index contributed by atoms with van der Waals surface area (Å²) in [5.74, 6) is 1.00. The van der Waals surface area contributed by atoms with Crippen LogP contribution < -0.4 is 5.48 Å². The molecule has 12 heavy (non-hydrogen) atoms. The molecule has 0 heterocycles. The highest BCUT2D eigenvalue weighted by Crippen LogP contribution is 2.23. The Bertz CT molecular complexity index is 135. The molecule has 1 amide bonds. The first kappa shape index (κ1) is 11.4. The average molecular weight is 173 g/mol. The maximum Gasteiger partial charge on any atom is 0.243 e. The summed E-state index contributed by atoms with van der Waals surface area (Å²) in [4.78, 5) is 10.9. The summed E-state index contributed by atoms with van der Waals surface area (Å²) in [5.41, 5.74) is 1.67. The van der Waals surface area contributed by atoms with Gasteiger partial charge in [-0.1, -0.05) is 27.7 Å². The predicted octanol–water partition coefficient (Wildman–Crippen LogP) is 1.81. The second-order valence-corrected chi connectivity index (χ2v) is 3.89. The lowest BCUT2D eigenvalue weighted by molar-refractivity contribution is -0.130. The van der Waals surface area contributed by atoms with E-state index in [1.165, 1.54) is 0 Å². The molecule has 0 aromatic heterocycles. The molecular weight excluding hydrogens is 154 g/mol. The van der Waals surface area contributed by atoms with Crippen molar-refractivity contribution < 1.29 is 10.0 Å². The third kappa shape index (κ3) is 3.72. The van der Waals surface area contributed by atoms with E-state index in [9.17, 15) is 4.79 Å². The highest BCUT2D eigenvalue weighted by atomic mass is 16.5. The molecular formula is C9H19NO2. The van der Waals surface area contributed by atoms with Crippen LogP contribution in [-0.4, -0.2) is 11.1 Å². The van der Waals surface area contributed by atoms with E-state index in [1.807, 2.05) is 0 Å². The summed E-state index contributed by atoms with van der Waals surface area (Å²) in [6.07, 6.45) is 0.409. The molecule has 3 heteroatoms. The summed E-state index contributed by atoms with van der Waals surface area (Å²) < 4.78 is 0. The molecule has 3 nitrogen and oxygen atoms in total. The Hall–Kier alpha value is -0.570. The Kier molecular flexibility index (Phi) is 4.90. The van der Waals surface area contributed by atoms with Gasteiger partial charge in [0.2, 0.25) is 5.91 Å². The van der Waals surface area contributed by atoms with Gasteiger partial charge >= 0.3 is 0 Å². The second kappa shape index (κ2) is 5.14. The topological polar surface area (TPSA) is 49.3 Å². The normalized spacial score (nSPS) is 11.3. The number of amides is 1. The van der Waals surface area contributed by atoms with Crippen molar-refractivity contribution in [2.75, 3.05) is 0 Å². The Morgan fingerprint density at radius 3 is 1.92 bits per heavy atom. The summed E-state index contributed by atoms with van der Waals surface area (Å²) in [6.45, 7) is 8.37. The van der Waals surface area contributed by atoms with Crippen molar-refractivity contribution >= 4 is 5.91 Å². The van der Waals surface area contributed by atoms with Gasteiger partial charge in [-0.15, -0.1) is 0 Å². The van der Waals surface area contributed by atoms with Crippen molar-refractivity contribution in [1.82, 2.24) is 5.48 Å². The van der Waals surface area contributed by atoms with Crippen LogP contribution in [0.1, 0.15) is 34.1 Å². The average Bonchev–Trinajstić information content (AvgIpc) is 1.98. The first-order chi connectivity index (χ1) is 5.49. The van der Waals surface area contributed by atoms with Gasteiger partial charge in [0.25, 0.3) is 0 Å². The number of hydrogen-bond donors (Lipinski definition) is 2. The Balaban J connectivity index is 4.05. The number of hydroxylamine groups is 1. The summed E-state index contributed by atoms with van der Waals surface area (Å²) in [5, 5.41) is 8.35. The third-order valence-electron chi connectivity index (χ3n) is 2.26. The van der Waals surface area contributed by atoms with Crippen LogP contribution in [0.4, 0.5) is 0 Å². The fourth-order valence-electron chi connectivity index (χ4n) is 1.50. The second-order valence-electron chi connectivity index (χ2n) is 3.89. The summed E-state index contributed by atoms with van der Waals surface area (Å²) in [6, 6.07) is 0. The fraction of sp³-hybridized carbons (Fsp3) is 0.889. The molecule has 0 aromatic rings. The summed E-state index contributed by atoms with van der Waals surface area (Å²) >= 11 is 0. The molecule has 0 unspecified atom stereocenters. The zero-order valence-corrected chi connectivity index (χ0v) is 8.29. The van der Waals surface area contributed by atoms with Crippen LogP contribution in [0, 0.1) is 17.8 Å². The van der Waals surface area contributed by atoms with Crippen LogP contribution in [0.2, 0.25) is 0 Å². The van der Waals surface area contributed by atoms with Gasteiger partial charge in [-0.2, -0.15) is 0 Å². The van der Waals surface area contributed by atoms with Gasteiger partial charge in [-0.25, -0.2) is 5.48 Å². The minimum atomic E-state index is -0.289. The Labute approximate surface area is 74.1 Å². The van der Waals surface area contributed by atoms with Crippen LogP contribution >= 0.6 is 0 Å². The van der Waals surface area contributed by atoms with Crippen LogP contribution in [-0.2, 0) is 4.79 Å². The molecule has 0 bridgehead atoms. The van der Waals surface area contributed by atoms with Gasteiger partial charge in [-0.3, -0.25) is 10.0 Å². The van der Waals surface area contributed by atoms with Gasteiger partial charge < -0.3 is 0 Å². The quantitative estimate of drug-likeness (QED) is 0.503. The minimum absolute atomic E-state index is 0.289. The van der Waals surface area contributed by atoms with Crippen LogP contribution in [0.15, 0.2) is 0 Å². The molecule has 0 rings (SSSR count). The van der Waals surface area contributed by atoms with E-state index < -0.39 is 0 Å². The molecule has 0 spiro atoms. The highest BCUT2D eigenvalue weighted by molar-refractivity contribution is 5.74. The van der Waals surface area contributed by atoms with E-state index in [4.69, 9.17) is 5.21 Å². The predicted molar refractivity (Wildman–Crippen MR) is 47.7 cm³/mol. The molecule has 0 fully saturated rings. The molecule has 0 aliphatic carbocycles. The lowest BCUT2D eigenvalue weighted by atomic mass is 9.83. The van der Waals surface area contributed by atoms with Crippen molar-refractivity contribution in [3.63, 3.8) is 0 Å². The smallest absolute Gasteiger partial charge is 0.243 e. The lowest BCUT2D eigenvalue weighted by Gasteiger charge is -2.23. The molecule has 0 saturated heterocycles. The highest BCUT2D eigenvalue weighted by Gasteiger charge is 2.20. The lowest BCUT2D eigenvalue weighted by Crippen LogP contribution is -2.26. The van der Waals surface area contributed by atoms with Gasteiger partial charge in [0.05, 0.1) is 0 Å². The molecule has 0 aromatic carbocycles. The first-order valence-electron chi connectivity index (χ1n) is 4.42. The molecule has 0 radical (unpaired) electrons. The number of hydrogen-bond acceptors (Lipinski definition) is 2. The Morgan fingerprint density at radius 1 is 1.25 bits per heavy atom. The number of carbonyl (C=O) groups excluding carboxylic acids is 1. The molecule has 0 aliphatic rings. The number of carbonyl (C=O) groups is 1. The standard InChI is InChI=1S/C9H19NO2/c1-6(2)8(7(3)4)5-9(11)10-12/h6-8,12H,5H2,1-4H3,(H,10,11). The van der Waals surface area contributed by atoms with Crippen LogP contribution in [0.3, 0.4) is 0 Å². The van der Waals surface area contributed by atoms with Crippen LogP contribution in [0.25, 0.3) is 0 Å². The molecule has 0 saturated carbocycles. The first-order valence-corrected chi connectivity index (χ1v) is 4.42. The van der Waals surface area contributed by atoms with Gasteiger partial charge in [0.15, 0.2) is 0 Å². The van der Waals surface area contributed by atoms with Crippen molar-refractivity contribution in [1.29, 1.82) is 0 Å². The maximum absolute atomic E-state index is 10.9. The SMILES string of the molecule is CC(C)C(CC(=O)NO)C(C)C. The van der Waals surface area contributed by atoms with E-state index in [2.05, 4.69) is 27.7 Å². The zero-order valence-electron chi connectivity index (χ0n) is 8.29. The van der Waals surface area contributed by atoms with Crippen molar-refractivity contribution in [2.24, 2.45) is 17.8 Å². The summed E-state index contributed by atoms with van der Waals surface area (Å²) in [7, 11) is 0. The number of rotatable bonds is 4. The van der Waals surface area contributed by atoms with Gasteiger partial charge in [0, 0.05) is 6.42 Å². The van der Waals surface area contributed by atoms with E-state index in [0.717, 1.165) is 0 Å². The third-order valence-corrected chi connectivity index (χ3v) is 2.26. The molecule has 0 atom stereocenters. The van der Waals surface area contributed by atoms with Crippen molar-refractivity contribution in [3.8, 4) is 0 Å².